The highest BCUT2D eigenvalue weighted by Crippen LogP contribution is 2.23. The van der Waals surface area contributed by atoms with Gasteiger partial charge in [0.15, 0.2) is 0 Å². The Hall–Kier alpha value is -4.59. The van der Waals surface area contributed by atoms with E-state index in [1.165, 1.54) is 12.1 Å². The van der Waals surface area contributed by atoms with E-state index in [1.807, 2.05) is 71.5 Å². The van der Waals surface area contributed by atoms with Crippen molar-refractivity contribution in [3.63, 3.8) is 0 Å². The SMILES string of the molecule is O=C(CCc1nc(-c2ccc(F)cc2)no1)NCc1cn(-c2ccccc2)nc1-c1ccccc1. The molecule has 174 valence electrons. The predicted octanol–water partition coefficient (Wildman–Crippen LogP) is 4.98. The zero-order valence-electron chi connectivity index (χ0n) is 18.8. The van der Waals surface area contributed by atoms with Gasteiger partial charge in [-0.05, 0) is 36.4 Å². The molecule has 0 radical (unpaired) electrons. The number of carbonyl (C=O) groups excluding carboxylic acids is 1. The highest BCUT2D eigenvalue weighted by molar-refractivity contribution is 5.76. The number of nitrogens with zero attached hydrogens (tertiary/aromatic N) is 4. The number of halogens is 1. The molecule has 0 fully saturated rings. The van der Waals surface area contributed by atoms with Gasteiger partial charge < -0.3 is 9.84 Å². The van der Waals surface area contributed by atoms with E-state index in [4.69, 9.17) is 9.62 Å². The third-order valence-corrected chi connectivity index (χ3v) is 5.47. The number of aromatic nitrogens is 4. The van der Waals surface area contributed by atoms with Crippen LogP contribution in [0.25, 0.3) is 28.3 Å². The third kappa shape index (κ3) is 5.33. The molecule has 35 heavy (non-hydrogen) atoms. The smallest absolute Gasteiger partial charge is 0.227 e. The standard InChI is InChI=1S/C27H22FN5O2/c28-22-13-11-20(12-14-22)27-30-25(35-32-27)16-15-24(34)29-17-21-18-33(23-9-5-2-6-10-23)31-26(21)19-7-3-1-4-8-19/h1-14,18H,15-17H2,(H,29,34). The van der Waals surface area contributed by atoms with Gasteiger partial charge in [-0.25, -0.2) is 9.07 Å². The number of carbonyl (C=O) groups is 1. The van der Waals surface area contributed by atoms with Crippen LogP contribution in [0.5, 0.6) is 0 Å². The maximum Gasteiger partial charge on any atom is 0.227 e. The number of para-hydroxylation sites is 1. The second kappa shape index (κ2) is 10.1. The molecule has 5 aromatic rings. The van der Waals surface area contributed by atoms with E-state index >= 15 is 0 Å². The number of amides is 1. The van der Waals surface area contributed by atoms with Crippen LogP contribution >= 0.6 is 0 Å². The molecular formula is C27H22FN5O2. The highest BCUT2D eigenvalue weighted by Gasteiger charge is 2.15. The van der Waals surface area contributed by atoms with Crippen molar-refractivity contribution in [3.8, 4) is 28.3 Å². The molecule has 0 aliphatic carbocycles. The summed E-state index contributed by atoms with van der Waals surface area (Å²) in [7, 11) is 0. The van der Waals surface area contributed by atoms with Gasteiger partial charge in [-0.1, -0.05) is 53.7 Å². The Morgan fingerprint density at radius 1 is 0.914 bits per heavy atom. The van der Waals surface area contributed by atoms with Crippen molar-refractivity contribution in [3.05, 3.63) is 108 Å². The molecule has 0 spiro atoms. The summed E-state index contributed by atoms with van der Waals surface area (Å²) in [6.45, 7) is 0.334. The van der Waals surface area contributed by atoms with Gasteiger partial charge in [-0.2, -0.15) is 10.1 Å². The summed E-state index contributed by atoms with van der Waals surface area (Å²) < 4.78 is 20.2. The molecule has 0 bridgehead atoms. The van der Waals surface area contributed by atoms with E-state index in [-0.39, 0.29) is 18.1 Å². The number of aryl methyl sites for hydroxylation is 1. The molecule has 0 saturated carbocycles. The van der Waals surface area contributed by atoms with Crippen molar-refractivity contribution in [2.75, 3.05) is 0 Å². The maximum absolute atomic E-state index is 13.1. The van der Waals surface area contributed by atoms with Crippen molar-refractivity contribution in [1.82, 2.24) is 25.2 Å². The first-order chi connectivity index (χ1) is 17.2. The van der Waals surface area contributed by atoms with Gasteiger partial charge in [0.05, 0.1) is 11.4 Å². The van der Waals surface area contributed by atoms with Gasteiger partial charge >= 0.3 is 0 Å². The van der Waals surface area contributed by atoms with Gasteiger partial charge in [0.2, 0.25) is 17.6 Å². The molecule has 1 N–H and O–H groups in total. The Balaban J connectivity index is 1.24. The lowest BCUT2D eigenvalue weighted by molar-refractivity contribution is -0.121. The van der Waals surface area contributed by atoms with Gasteiger partial charge in [-0.15, -0.1) is 0 Å². The Bertz CT molecular complexity index is 1410. The Labute approximate surface area is 201 Å². The van der Waals surface area contributed by atoms with Crippen LogP contribution in [0.2, 0.25) is 0 Å². The van der Waals surface area contributed by atoms with Gasteiger partial charge in [0, 0.05) is 42.3 Å². The van der Waals surface area contributed by atoms with Crippen LogP contribution < -0.4 is 5.32 Å². The summed E-state index contributed by atoms with van der Waals surface area (Å²) in [4.78, 5) is 16.9. The normalized spacial score (nSPS) is 10.9. The first-order valence-electron chi connectivity index (χ1n) is 11.2. The zero-order valence-corrected chi connectivity index (χ0v) is 18.8. The summed E-state index contributed by atoms with van der Waals surface area (Å²) in [5.74, 6) is 0.236. The first kappa shape index (κ1) is 22.2. The largest absolute Gasteiger partial charge is 0.352 e. The second-order valence-corrected chi connectivity index (χ2v) is 7.94. The summed E-state index contributed by atoms with van der Waals surface area (Å²) in [5.41, 5.74) is 4.29. The molecule has 1 amide bonds. The van der Waals surface area contributed by atoms with E-state index in [0.717, 1.165) is 22.5 Å². The third-order valence-electron chi connectivity index (χ3n) is 5.47. The molecule has 7 nitrogen and oxygen atoms in total. The minimum atomic E-state index is -0.334. The molecule has 2 aromatic heterocycles. The number of hydrogen-bond donors (Lipinski definition) is 1. The fraction of sp³-hybridized carbons (Fsp3) is 0.111. The number of benzene rings is 3. The fourth-order valence-electron chi connectivity index (χ4n) is 3.67. The van der Waals surface area contributed by atoms with Crippen LogP contribution in [0.3, 0.4) is 0 Å². The molecule has 5 rings (SSSR count). The molecule has 2 heterocycles. The predicted molar refractivity (Wildman–Crippen MR) is 129 cm³/mol. The average molecular weight is 468 g/mol. The van der Waals surface area contributed by atoms with E-state index in [0.29, 0.717) is 30.2 Å². The summed E-state index contributed by atoms with van der Waals surface area (Å²) in [6, 6.07) is 25.5. The van der Waals surface area contributed by atoms with Crippen LogP contribution in [0, 0.1) is 5.82 Å². The summed E-state index contributed by atoms with van der Waals surface area (Å²) in [6.07, 6.45) is 2.43. The van der Waals surface area contributed by atoms with Gasteiger partial charge in [0.25, 0.3) is 0 Å². The minimum Gasteiger partial charge on any atom is -0.352 e. The van der Waals surface area contributed by atoms with E-state index < -0.39 is 0 Å². The Morgan fingerprint density at radius 3 is 2.37 bits per heavy atom. The second-order valence-electron chi connectivity index (χ2n) is 7.94. The van der Waals surface area contributed by atoms with Crippen LogP contribution in [0.4, 0.5) is 4.39 Å². The molecule has 0 aliphatic rings. The molecule has 0 saturated heterocycles. The van der Waals surface area contributed by atoms with Crippen molar-refractivity contribution in [1.29, 1.82) is 0 Å². The molecule has 8 heteroatoms. The zero-order chi connectivity index (χ0) is 24.0. The van der Waals surface area contributed by atoms with Crippen LogP contribution in [-0.2, 0) is 17.8 Å². The topological polar surface area (TPSA) is 85.8 Å². The number of nitrogens with one attached hydrogen (secondary N) is 1. The quantitative estimate of drug-likeness (QED) is 0.348. The van der Waals surface area contributed by atoms with Crippen molar-refractivity contribution >= 4 is 5.91 Å². The van der Waals surface area contributed by atoms with Crippen LogP contribution in [-0.4, -0.2) is 25.8 Å². The Kier molecular flexibility index (Phi) is 6.43. The van der Waals surface area contributed by atoms with Crippen LogP contribution in [0.15, 0.2) is 95.6 Å². The van der Waals surface area contributed by atoms with Crippen LogP contribution in [0.1, 0.15) is 17.9 Å². The minimum absolute atomic E-state index is 0.141. The number of hydrogen-bond acceptors (Lipinski definition) is 5. The lowest BCUT2D eigenvalue weighted by Crippen LogP contribution is -2.23. The lowest BCUT2D eigenvalue weighted by atomic mass is 10.1. The molecule has 3 aromatic carbocycles. The van der Waals surface area contributed by atoms with E-state index in [9.17, 15) is 9.18 Å². The molecular weight excluding hydrogens is 445 g/mol. The number of rotatable bonds is 8. The van der Waals surface area contributed by atoms with Crippen molar-refractivity contribution in [2.24, 2.45) is 0 Å². The van der Waals surface area contributed by atoms with Crippen molar-refractivity contribution in [2.45, 2.75) is 19.4 Å². The Morgan fingerprint density at radius 2 is 1.63 bits per heavy atom. The molecule has 0 atom stereocenters. The lowest BCUT2D eigenvalue weighted by Gasteiger charge is -2.05. The monoisotopic (exact) mass is 467 g/mol. The molecule has 0 aliphatic heterocycles. The van der Waals surface area contributed by atoms with E-state index in [1.54, 1.807) is 12.1 Å². The highest BCUT2D eigenvalue weighted by atomic mass is 19.1. The first-order valence-corrected chi connectivity index (χ1v) is 11.2. The van der Waals surface area contributed by atoms with Crippen molar-refractivity contribution < 1.29 is 13.7 Å². The van der Waals surface area contributed by atoms with Gasteiger partial charge in [-0.3, -0.25) is 4.79 Å². The summed E-state index contributed by atoms with van der Waals surface area (Å²) in [5, 5.41) is 11.6. The van der Waals surface area contributed by atoms with Gasteiger partial charge in [0.1, 0.15) is 5.82 Å². The molecule has 0 unspecified atom stereocenters. The fourth-order valence-corrected chi connectivity index (χ4v) is 3.67. The van der Waals surface area contributed by atoms with E-state index in [2.05, 4.69) is 15.5 Å². The average Bonchev–Trinajstić information content (AvgIpc) is 3.55. The maximum atomic E-state index is 13.1. The summed E-state index contributed by atoms with van der Waals surface area (Å²) >= 11 is 0.